The Balaban J connectivity index is 3.85. The van der Waals surface area contributed by atoms with E-state index in [4.69, 9.17) is 4.74 Å². The van der Waals surface area contributed by atoms with E-state index in [0.717, 1.165) is 0 Å². The summed E-state index contributed by atoms with van der Waals surface area (Å²) < 4.78 is 5.50. The summed E-state index contributed by atoms with van der Waals surface area (Å²) >= 11 is 1.21. The molecule has 0 aromatic heterocycles. The number of hydrogen-bond donors (Lipinski definition) is 0. The highest BCUT2D eigenvalue weighted by Gasteiger charge is 2.78. The molecular formula is C13H14N4OS. The fraction of sp³-hybridized carbons (Fsp3) is 0.692. The van der Waals surface area contributed by atoms with Crippen LogP contribution < -0.4 is 0 Å². The van der Waals surface area contributed by atoms with Gasteiger partial charge in [-0.3, -0.25) is 0 Å². The Hall–Kier alpha value is -1.73. The normalized spacial score (nSPS) is 34.5. The number of nitriles is 4. The average molecular weight is 274 g/mol. The molecule has 98 valence electrons. The standard InChI is InChI=1S/C13H14N4OS/c1-9-10(2)13(18-3,19-4)12(7-16,8-17)11(9,5-14)6-15/h9-10H,1-4H3/t9-,10+,13+/m1/s1. The van der Waals surface area contributed by atoms with E-state index in [1.54, 1.807) is 13.2 Å². The van der Waals surface area contributed by atoms with Crippen LogP contribution in [0.2, 0.25) is 0 Å². The van der Waals surface area contributed by atoms with Crippen molar-refractivity contribution in [3.05, 3.63) is 0 Å². The average Bonchev–Trinajstić information content (AvgIpc) is 2.62. The smallest absolute Gasteiger partial charge is 0.213 e. The van der Waals surface area contributed by atoms with Crippen LogP contribution in [0.3, 0.4) is 0 Å². The lowest BCUT2D eigenvalue weighted by Gasteiger charge is -2.39. The minimum Gasteiger partial charge on any atom is -0.364 e. The van der Waals surface area contributed by atoms with Crippen molar-refractivity contribution in [2.24, 2.45) is 22.7 Å². The second-order valence-electron chi connectivity index (χ2n) is 4.66. The van der Waals surface area contributed by atoms with Gasteiger partial charge in [0.15, 0.2) is 10.3 Å². The zero-order valence-corrected chi connectivity index (χ0v) is 12.1. The summed E-state index contributed by atoms with van der Waals surface area (Å²) in [5, 5.41) is 38.1. The fourth-order valence-electron chi connectivity index (χ4n) is 3.18. The minimum atomic E-state index is -1.82. The fourth-order valence-corrected chi connectivity index (χ4v) is 4.48. The van der Waals surface area contributed by atoms with E-state index in [1.165, 1.54) is 18.9 Å². The summed E-state index contributed by atoms with van der Waals surface area (Å²) in [5.74, 6) is -0.736. The van der Waals surface area contributed by atoms with Crippen molar-refractivity contribution in [2.75, 3.05) is 13.4 Å². The zero-order valence-electron chi connectivity index (χ0n) is 11.3. The largest absolute Gasteiger partial charge is 0.364 e. The first kappa shape index (κ1) is 15.3. The Bertz CT molecular complexity index is 513. The lowest BCUT2D eigenvalue weighted by molar-refractivity contribution is -0.00654. The van der Waals surface area contributed by atoms with Crippen molar-refractivity contribution >= 4 is 11.8 Å². The van der Waals surface area contributed by atoms with Gasteiger partial charge in [-0.25, -0.2) is 0 Å². The Morgan fingerprint density at radius 3 is 1.68 bits per heavy atom. The minimum absolute atomic E-state index is 0.286. The van der Waals surface area contributed by atoms with Gasteiger partial charge >= 0.3 is 0 Å². The van der Waals surface area contributed by atoms with Gasteiger partial charge in [0, 0.05) is 13.0 Å². The molecular weight excluding hydrogens is 260 g/mol. The van der Waals surface area contributed by atoms with Crippen molar-refractivity contribution in [2.45, 2.75) is 18.8 Å². The SMILES string of the molecule is CO[C@]1(SC)[C@@H](C)[C@@H](C)C(C#N)(C#N)C1(C#N)C#N. The molecule has 0 radical (unpaired) electrons. The van der Waals surface area contributed by atoms with Crippen LogP contribution in [-0.2, 0) is 4.74 Å². The summed E-state index contributed by atoms with van der Waals surface area (Å²) in [6.07, 6.45) is 1.72. The third-order valence-electron chi connectivity index (χ3n) is 4.44. The van der Waals surface area contributed by atoms with Gasteiger partial charge in [-0.1, -0.05) is 13.8 Å². The van der Waals surface area contributed by atoms with E-state index in [9.17, 15) is 21.0 Å². The van der Waals surface area contributed by atoms with E-state index in [0.29, 0.717) is 0 Å². The third kappa shape index (κ3) is 1.31. The number of hydrogen-bond acceptors (Lipinski definition) is 6. The first-order chi connectivity index (χ1) is 8.93. The number of thioether (sulfide) groups is 1. The van der Waals surface area contributed by atoms with Crippen LogP contribution in [-0.4, -0.2) is 18.3 Å². The molecule has 0 amide bonds. The highest BCUT2D eigenvalue weighted by molar-refractivity contribution is 7.99. The zero-order chi connectivity index (χ0) is 14.9. The van der Waals surface area contributed by atoms with Gasteiger partial charge in [0.05, 0.1) is 24.3 Å². The van der Waals surface area contributed by atoms with Crippen molar-refractivity contribution in [3.63, 3.8) is 0 Å². The molecule has 0 saturated heterocycles. The summed E-state index contributed by atoms with van der Waals surface area (Å²) in [5.41, 5.74) is -3.52. The Kier molecular flexibility index (Phi) is 3.83. The Morgan fingerprint density at radius 2 is 1.42 bits per heavy atom. The molecule has 0 bridgehead atoms. The first-order valence-electron chi connectivity index (χ1n) is 5.68. The molecule has 0 spiro atoms. The molecule has 3 atom stereocenters. The maximum Gasteiger partial charge on any atom is 0.213 e. The van der Waals surface area contributed by atoms with Crippen LogP contribution in [0.15, 0.2) is 0 Å². The van der Waals surface area contributed by atoms with E-state index >= 15 is 0 Å². The highest BCUT2D eigenvalue weighted by atomic mass is 32.2. The predicted octanol–water partition coefficient (Wildman–Crippen LogP) is 2.05. The summed E-state index contributed by atoms with van der Waals surface area (Å²) in [6.45, 7) is 3.53. The first-order valence-corrected chi connectivity index (χ1v) is 6.91. The van der Waals surface area contributed by atoms with E-state index in [-0.39, 0.29) is 5.92 Å². The maximum atomic E-state index is 9.58. The lowest BCUT2D eigenvalue weighted by Crippen LogP contribution is -2.50. The van der Waals surface area contributed by atoms with Gasteiger partial charge in [-0.05, 0) is 12.2 Å². The van der Waals surface area contributed by atoms with Crippen LogP contribution in [0.5, 0.6) is 0 Å². The van der Waals surface area contributed by atoms with Gasteiger partial charge in [0.2, 0.25) is 5.41 Å². The van der Waals surface area contributed by atoms with E-state index in [2.05, 4.69) is 0 Å². The lowest BCUT2D eigenvalue weighted by atomic mass is 9.65. The molecule has 1 rings (SSSR count). The quantitative estimate of drug-likeness (QED) is 0.713. The molecule has 1 aliphatic rings. The third-order valence-corrected chi connectivity index (χ3v) is 5.89. The van der Waals surface area contributed by atoms with E-state index < -0.39 is 21.7 Å². The number of nitrogens with zero attached hydrogens (tertiary/aromatic N) is 4. The van der Waals surface area contributed by atoms with Crippen LogP contribution in [0.25, 0.3) is 0 Å². The summed E-state index contributed by atoms with van der Waals surface area (Å²) in [4.78, 5) is -1.19. The van der Waals surface area contributed by atoms with Crippen molar-refractivity contribution in [1.29, 1.82) is 21.0 Å². The van der Waals surface area contributed by atoms with Gasteiger partial charge in [0.25, 0.3) is 0 Å². The molecule has 1 aliphatic carbocycles. The molecule has 19 heavy (non-hydrogen) atoms. The number of methoxy groups -OCH3 is 1. The second kappa shape index (κ2) is 4.75. The van der Waals surface area contributed by atoms with Gasteiger partial charge in [-0.15, -0.1) is 11.8 Å². The van der Waals surface area contributed by atoms with Gasteiger partial charge in [-0.2, -0.15) is 21.0 Å². The molecule has 5 nitrogen and oxygen atoms in total. The molecule has 0 heterocycles. The van der Waals surface area contributed by atoms with Crippen molar-refractivity contribution in [3.8, 4) is 24.3 Å². The Labute approximate surface area is 117 Å². The monoisotopic (exact) mass is 274 g/mol. The van der Waals surface area contributed by atoms with Crippen molar-refractivity contribution in [1.82, 2.24) is 0 Å². The molecule has 0 aliphatic heterocycles. The molecule has 0 unspecified atom stereocenters. The summed E-state index contributed by atoms with van der Waals surface area (Å²) in [6, 6.07) is 7.69. The van der Waals surface area contributed by atoms with Crippen LogP contribution in [0.4, 0.5) is 0 Å². The van der Waals surface area contributed by atoms with Gasteiger partial charge in [0.1, 0.15) is 0 Å². The van der Waals surface area contributed by atoms with Crippen LogP contribution in [0, 0.1) is 68.0 Å². The highest BCUT2D eigenvalue weighted by Crippen LogP contribution is 2.67. The maximum absolute atomic E-state index is 9.58. The molecule has 1 fully saturated rings. The topological polar surface area (TPSA) is 104 Å². The Morgan fingerprint density at radius 1 is 0.947 bits per heavy atom. The molecule has 0 aromatic carbocycles. The van der Waals surface area contributed by atoms with Gasteiger partial charge < -0.3 is 4.74 Å². The second-order valence-corrected chi connectivity index (χ2v) is 5.67. The molecule has 0 aromatic rings. The van der Waals surface area contributed by atoms with Crippen LogP contribution in [0.1, 0.15) is 13.8 Å². The van der Waals surface area contributed by atoms with Crippen molar-refractivity contribution < 1.29 is 4.74 Å². The van der Waals surface area contributed by atoms with E-state index in [1.807, 2.05) is 31.2 Å². The summed E-state index contributed by atoms with van der Waals surface area (Å²) in [7, 11) is 1.41. The molecule has 0 N–H and O–H groups in total. The molecule has 6 heteroatoms. The van der Waals surface area contributed by atoms with Crippen LogP contribution >= 0.6 is 11.8 Å². The predicted molar refractivity (Wildman–Crippen MR) is 68.9 cm³/mol. The number of rotatable bonds is 2. The number of ether oxygens (including phenoxy) is 1. The molecule has 1 saturated carbocycles.